The maximum Gasteiger partial charge on any atom is 0.231 e. The van der Waals surface area contributed by atoms with Gasteiger partial charge in [-0.1, -0.05) is 13.3 Å². The molecule has 3 aliphatic heterocycles. The van der Waals surface area contributed by atoms with Crippen molar-refractivity contribution in [3.8, 4) is 34.3 Å². The van der Waals surface area contributed by atoms with E-state index in [-0.39, 0.29) is 12.4 Å². The van der Waals surface area contributed by atoms with Crippen LogP contribution in [0.25, 0.3) is 22.0 Å². The van der Waals surface area contributed by atoms with Crippen LogP contribution in [0.1, 0.15) is 24.5 Å². The van der Waals surface area contributed by atoms with Crippen LogP contribution in [0.5, 0.6) is 23.0 Å². The lowest BCUT2D eigenvalue weighted by Gasteiger charge is -2.20. The Balaban J connectivity index is 0.00000171. The zero-order chi connectivity index (χ0) is 18.0. The molecule has 0 saturated heterocycles. The zero-order valence-corrected chi connectivity index (χ0v) is 16.3. The molecule has 1 aromatic heterocycles. The fraction of sp³-hybridized carbons (Fsp3) is 0.318. The van der Waals surface area contributed by atoms with Crippen molar-refractivity contribution in [1.82, 2.24) is 0 Å². The lowest BCUT2D eigenvalue weighted by atomic mass is 9.89. The largest absolute Gasteiger partial charge is 1.00 e. The maximum absolute atomic E-state index is 5.79. The number of benzene rings is 2. The molecule has 0 atom stereocenters. The van der Waals surface area contributed by atoms with Crippen molar-refractivity contribution in [3.05, 3.63) is 41.6 Å². The Morgan fingerprint density at radius 3 is 2.57 bits per heavy atom. The van der Waals surface area contributed by atoms with E-state index in [4.69, 9.17) is 18.9 Å². The molecule has 5 nitrogen and oxygen atoms in total. The lowest BCUT2D eigenvalue weighted by molar-refractivity contribution is -0.686. The van der Waals surface area contributed by atoms with Crippen molar-refractivity contribution in [2.45, 2.75) is 32.7 Å². The Bertz CT molecular complexity index is 1110. The first-order valence-corrected chi connectivity index (χ1v) is 9.54. The molecule has 144 valence electrons. The van der Waals surface area contributed by atoms with Crippen LogP contribution in [-0.4, -0.2) is 13.6 Å². The number of rotatable bonds is 2. The molecule has 2 aromatic carbocycles. The van der Waals surface area contributed by atoms with Crippen LogP contribution in [0.15, 0.2) is 30.5 Å². The molecule has 0 amide bonds. The maximum atomic E-state index is 5.79. The van der Waals surface area contributed by atoms with Gasteiger partial charge in [0.1, 0.15) is 0 Å². The van der Waals surface area contributed by atoms with Crippen molar-refractivity contribution in [1.29, 1.82) is 0 Å². The first-order chi connectivity index (χ1) is 13.3. The van der Waals surface area contributed by atoms with Crippen molar-refractivity contribution < 1.29 is 35.9 Å². The van der Waals surface area contributed by atoms with Gasteiger partial charge < -0.3 is 31.4 Å². The number of ether oxygens (including phenoxy) is 4. The van der Waals surface area contributed by atoms with E-state index < -0.39 is 0 Å². The first kappa shape index (κ1) is 17.4. The normalized spacial score (nSPS) is 15.2. The topological polar surface area (TPSA) is 40.8 Å². The highest BCUT2D eigenvalue weighted by Crippen LogP contribution is 2.44. The minimum Gasteiger partial charge on any atom is -1.00 e. The second-order valence-corrected chi connectivity index (χ2v) is 7.27. The number of fused-ring (bicyclic) bond motifs is 7. The van der Waals surface area contributed by atoms with Gasteiger partial charge in [-0.2, -0.15) is 4.57 Å². The van der Waals surface area contributed by atoms with Crippen LogP contribution < -0.4 is 35.9 Å². The molecule has 3 aromatic rings. The van der Waals surface area contributed by atoms with E-state index in [2.05, 4.69) is 35.9 Å². The molecule has 6 heteroatoms. The van der Waals surface area contributed by atoms with E-state index in [0.717, 1.165) is 54.2 Å². The molecular formula is C22H20ClNO4. The van der Waals surface area contributed by atoms with E-state index in [1.807, 2.05) is 6.07 Å². The van der Waals surface area contributed by atoms with E-state index in [1.54, 1.807) is 0 Å². The highest BCUT2D eigenvalue weighted by atomic mass is 35.5. The number of aryl methyl sites for hydroxylation is 3. The molecule has 0 N–H and O–H groups in total. The van der Waals surface area contributed by atoms with Gasteiger partial charge in [0.15, 0.2) is 35.7 Å². The third-order valence-electron chi connectivity index (χ3n) is 5.74. The SMILES string of the molecule is CCCc1c2[n+](cc3c4c(ccc13)OCO4)CCc1cc3c(cc1-2)OCO3.[Cl-]. The van der Waals surface area contributed by atoms with Crippen LogP contribution in [0, 0.1) is 0 Å². The molecule has 0 saturated carbocycles. The average Bonchev–Trinajstić information content (AvgIpc) is 3.34. The smallest absolute Gasteiger partial charge is 0.231 e. The van der Waals surface area contributed by atoms with Gasteiger partial charge in [-0.15, -0.1) is 0 Å². The summed E-state index contributed by atoms with van der Waals surface area (Å²) >= 11 is 0. The van der Waals surface area contributed by atoms with Gasteiger partial charge in [0, 0.05) is 17.4 Å². The zero-order valence-electron chi connectivity index (χ0n) is 15.6. The summed E-state index contributed by atoms with van der Waals surface area (Å²) in [6.07, 6.45) is 5.30. The van der Waals surface area contributed by atoms with Gasteiger partial charge in [-0.25, -0.2) is 0 Å². The lowest BCUT2D eigenvalue weighted by Crippen LogP contribution is -3.00. The second-order valence-electron chi connectivity index (χ2n) is 7.27. The predicted molar refractivity (Wildman–Crippen MR) is 99.5 cm³/mol. The average molecular weight is 398 g/mol. The van der Waals surface area contributed by atoms with Crippen molar-refractivity contribution >= 4 is 10.8 Å². The molecule has 0 unspecified atom stereocenters. The minimum atomic E-state index is 0. The molecular weight excluding hydrogens is 378 g/mol. The summed E-state index contributed by atoms with van der Waals surface area (Å²) in [7, 11) is 0. The third-order valence-corrected chi connectivity index (χ3v) is 5.74. The molecule has 0 bridgehead atoms. The quantitative estimate of drug-likeness (QED) is 0.599. The van der Waals surface area contributed by atoms with E-state index in [0.29, 0.717) is 13.6 Å². The van der Waals surface area contributed by atoms with Gasteiger partial charge in [-0.3, -0.25) is 0 Å². The monoisotopic (exact) mass is 397 g/mol. The molecule has 0 spiro atoms. The highest BCUT2D eigenvalue weighted by Gasteiger charge is 2.32. The van der Waals surface area contributed by atoms with Crippen molar-refractivity contribution in [2.75, 3.05) is 13.6 Å². The third kappa shape index (κ3) is 2.35. The number of pyridine rings is 1. The number of nitrogens with zero attached hydrogens (tertiary/aromatic N) is 1. The van der Waals surface area contributed by atoms with Crippen molar-refractivity contribution in [2.24, 2.45) is 0 Å². The Kier molecular flexibility index (Phi) is 4.02. The fourth-order valence-corrected chi connectivity index (χ4v) is 4.56. The van der Waals surface area contributed by atoms with Gasteiger partial charge in [-0.05, 0) is 36.2 Å². The van der Waals surface area contributed by atoms with Crippen LogP contribution in [0.3, 0.4) is 0 Å². The van der Waals surface area contributed by atoms with E-state index in [9.17, 15) is 0 Å². The number of aromatic nitrogens is 1. The van der Waals surface area contributed by atoms with Crippen LogP contribution in [-0.2, 0) is 19.4 Å². The van der Waals surface area contributed by atoms with Gasteiger partial charge >= 0.3 is 0 Å². The summed E-state index contributed by atoms with van der Waals surface area (Å²) in [4.78, 5) is 0. The second kappa shape index (κ2) is 6.45. The molecule has 28 heavy (non-hydrogen) atoms. The Morgan fingerprint density at radius 2 is 1.71 bits per heavy atom. The summed E-state index contributed by atoms with van der Waals surface area (Å²) in [6, 6.07) is 8.52. The first-order valence-electron chi connectivity index (χ1n) is 9.54. The summed E-state index contributed by atoms with van der Waals surface area (Å²) in [6.45, 7) is 3.78. The van der Waals surface area contributed by atoms with Crippen LogP contribution in [0.2, 0.25) is 0 Å². The standard InChI is InChI=1S/C22H20NO4.ClH/c1-2-3-15-14-4-5-18-22(27-12-24-18)17(14)10-23-7-6-13-8-19-20(26-11-25-19)9-16(13)21(15)23;/h4-5,8-10H,2-3,6-7,11-12H2,1H3;1H/q+1;/p-1. The van der Waals surface area contributed by atoms with Crippen LogP contribution >= 0.6 is 0 Å². The minimum absolute atomic E-state index is 0. The van der Waals surface area contributed by atoms with Gasteiger partial charge in [0.25, 0.3) is 0 Å². The van der Waals surface area contributed by atoms with Crippen molar-refractivity contribution in [3.63, 3.8) is 0 Å². The van der Waals surface area contributed by atoms with Crippen LogP contribution in [0.4, 0.5) is 0 Å². The summed E-state index contributed by atoms with van der Waals surface area (Å²) in [5.74, 6) is 3.42. The Labute approximate surface area is 169 Å². The Morgan fingerprint density at radius 1 is 0.929 bits per heavy atom. The summed E-state index contributed by atoms with van der Waals surface area (Å²) in [5.41, 5.74) is 5.25. The highest BCUT2D eigenvalue weighted by molar-refractivity contribution is 5.95. The van der Waals surface area contributed by atoms with Gasteiger partial charge in [0.05, 0.1) is 10.9 Å². The number of hydrogen-bond donors (Lipinski definition) is 0. The summed E-state index contributed by atoms with van der Waals surface area (Å²) < 4.78 is 25.0. The molecule has 4 heterocycles. The molecule has 6 rings (SSSR count). The predicted octanol–water partition coefficient (Wildman–Crippen LogP) is 0.764. The van der Waals surface area contributed by atoms with E-state index in [1.165, 1.54) is 27.8 Å². The molecule has 0 aliphatic carbocycles. The molecule has 0 radical (unpaired) electrons. The number of hydrogen-bond acceptors (Lipinski definition) is 4. The Hall–Kier alpha value is -2.66. The molecule has 0 fully saturated rings. The summed E-state index contributed by atoms with van der Waals surface area (Å²) in [5, 5.41) is 2.39. The van der Waals surface area contributed by atoms with Gasteiger partial charge in [0.2, 0.25) is 19.3 Å². The number of halogens is 1. The molecule has 3 aliphatic rings. The van der Waals surface area contributed by atoms with E-state index >= 15 is 0 Å². The fourth-order valence-electron chi connectivity index (χ4n) is 4.56.